The molecule has 0 radical (unpaired) electrons. The Balaban J connectivity index is 1.54. The highest BCUT2D eigenvalue weighted by Gasteiger charge is 2.32. The normalized spacial score (nSPS) is 15.8. The summed E-state index contributed by atoms with van der Waals surface area (Å²) in [6.45, 7) is 9.68. The van der Waals surface area contributed by atoms with Crippen molar-refractivity contribution in [3.63, 3.8) is 0 Å². The van der Waals surface area contributed by atoms with Crippen molar-refractivity contribution in [1.29, 1.82) is 0 Å². The number of ether oxygens (including phenoxy) is 1. The fourth-order valence-electron chi connectivity index (χ4n) is 5.06. The Morgan fingerprint density at radius 1 is 1.04 bits per heavy atom. The summed E-state index contributed by atoms with van der Waals surface area (Å²) in [4.78, 5) is 46.2. The number of hydrogen-bond donors (Lipinski definition) is 3. The first kappa shape index (κ1) is 33.8. The number of rotatable bonds is 12. The molecule has 45 heavy (non-hydrogen) atoms. The Morgan fingerprint density at radius 3 is 2.29 bits per heavy atom. The second kappa shape index (κ2) is 14.3. The summed E-state index contributed by atoms with van der Waals surface area (Å²) in [5, 5.41) is 5.42. The van der Waals surface area contributed by atoms with E-state index >= 15 is 0 Å². The van der Waals surface area contributed by atoms with Crippen LogP contribution in [0.5, 0.6) is 0 Å². The van der Waals surface area contributed by atoms with Crippen molar-refractivity contribution in [1.82, 2.24) is 19.8 Å². The molecule has 3 aromatic rings. The van der Waals surface area contributed by atoms with Gasteiger partial charge in [0, 0.05) is 19.3 Å². The zero-order valence-electron chi connectivity index (χ0n) is 26.8. The van der Waals surface area contributed by atoms with Crippen LogP contribution in [0, 0.1) is 5.92 Å². The molecule has 4 rings (SSSR count). The number of aromatic nitrogens is 2. The molecule has 0 spiro atoms. The van der Waals surface area contributed by atoms with Crippen LogP contribution in [0.3, 0.4) is 0 Å². The van der Waals surface area contributed by atoms with Gasteiger partial charge in [-0.3, -0.25) is 14.4 Å². The molecular formula is C34H45FN6O4. The molecule has 2 aromatic carbocycles. The highest BCUT2D eigenvalue weighted by Crippen LogP contribution is 2.29. The number of benzene rings is 2. The molecule has 2 atom stereocenters. The molecule has 10 nitrogen and oxygen atoms in total. The Kier molecular flexibility index (Phi) is 10.8. The first-order chi connectivity index (χ1) is 21.2. The molecule has 2 heterocycles. The second-order valence-corrected chi connectivity index (χ2v) is 12.9. The number of carbonyl (C=O) groups excluding carboxylic acids is 3. The summed E-state index contributed by atoms with van der Waals surface area (Å²) in [6.07, 6.45) is 4.90. The van der Waals surface area contributed by atoms with Gasteiger partial charge in [0.25, 0.3) is 5.91 Å². The number of imidazole rings is 1. The number of anilines is 1. The first-order valence-electron chi connectivity index (χ1n) is 15.4. The van der Waals surface area contributed by atoms with E-state index in [0.29, 0.717) is 30.1 Å². The molecule has 0 aliphatic carbocycles. The van der Waals surface area contributed by atoms with Gasteiger partial charge in [0.2, 0.25) is 11.8 Å². The maximum atomic E-state index is 14.6. The topological polar surface area (TPSA) is 132 Å². The Morgan fingerprint density at radius 2 is 1.69 bits per heavy atom. The van der Waals surface area contributed by atoms with Crippen LogP contribution >= 0.6 is 0 Å². The summed E-state index contributed by atoms with van der Waals surface area (Å²) in [6, 6.07) is 14.5. The maximum Gasteiger partial charge on any atom is 0.250 e. The van der Waals surface area contributed by atoms with E-state index in [1.165, 1.54) is 20.2 Å². The van der Waals surface area contributed by atoms with E-state index in [-0.39, 0.29) is 24.9 Å². The number of nitrogens with zero attached hydrogens (tertiary/aromatic N) is 3. The number of carbonyl (C=O) groups is 3. The third-order valence-electron chi connectivity index (χ3n) is 8.00. The van der Waals surface area contributed by atoms with Crippen LogP contribution < -0.4 is 16.4 Å². The lowest BCUT2D eigenvalue weighted by Gasteiger charge is -2.33. The van der Waals surface area contributed by atoms with Gasteiger partial charge in [0.1, 0.15) is 17.8 Å². The van der Waals surface area contributed by atoms with Crippen LogP contribution in [-0.4, -0.2) is 63.4 Å². The number of piperidine rings is 1. The summed E-state index contributed by atoms with van der Waals surface area (Å²) in [7, 11) is 0. The molecule has 1 aromatic heterocycles. The number of hydrogen-bond acceptors (Lipinski definition) is 6. The van der Waals surface area contributed by atoms with Gasteiger partial charge in [-0.1, -0.05) is 61.5 Å². The number of nitrogens with two attached hydrogens (primary N) is 1. The standard InChI is InChI=1S/C34H45FN6O4/c1-23-15-17-40(18-16-23)31(43)29(25-11-13-26(14-12-25)33(2,3)35)41-19-28(37-22-41)39-30(42)27(38-32(44)34(4,5)36)21-45-20-24-9-7-6-8-10-24/h6-14,19,22-23,27,29H,15-18,20-21,36H2,1-5H3,(H,38,44)(H,39,42)/t27-,29?/m1/s1. The molecule has 1 fully saturated rings. The van der Waals surface area contributed by atoms with Gasteiger partial charge in [0.05, 0.1) is 25.1 Å². The van der Waals surface area contributed by atoms with E-state index in [0.717, 1.165) is 18.4 Å². The molecular weight excluding hydrogens is 575 g/mol. The molecule has 1 aliphatic heterocycles. The third-order valence-corrected chi connectivity index (χ3v) is 8.00. The smallest absolute Gasteiger partial charge is 0.250 e. The monoisotopic (exact) mass is 620 g/mol. The lowest BCUT2D eigenvalue weighted by atomic mass is 9.95. The SMILES string of the molecule is CC1CCN(C(=O)C(c2ccc(C(C)(C)F)cc2)n2cnc(NC(=O)[C@@H](COCc3ccccc3)NC(=O)C(C)(C)N)c2)CC1. The van der Waals surface area contributed by atoms with E-state index in [4.69, 9.17) is 10.5 Å². The minimum absolute atomic E-state index is 0.102. The van der Waals surface area contributed by atoms with E-state index in [9.17, 15) is 18.8 Å². The minimum atomic E-state index is -1.52. The van der Waals surface area contributed by atoms with Crippen molar-refractivity contribution >= 4 is 23.5 Å². The van der Waals surface area contributed by atoms with Gasteiger partial charge in [-0.15, -0.1) is 0 Å². The number of alkyl halides is 1. The predicted octanol–water partition coefficient (Wildman–Crippen LogP) is 4.31. The van der Waals surface area contributed by atoms with Gasteiger partial charge in [-0.25, -0.2) is 9.37 Å². The number of halogens is 1. The molecule has 0 saturated carbocycles. The van der Waals surface area contributed by atoms with Crippen LogP contribution in [0.4, 0.5) is 10.2 Å². The summed E-state index contributed by atoms with van der Waals surface area (Å²) in [5.41, 5.74) is 5.32. The number of nitrogens with one attached hydrogen (secondary N) is 2. The van der Waals surface area contributed by atoms with Crippen LogP contribution in [0.25, 0.3) is 0 Å². The lowest BCUT2D eigenvalue weighted by molar-refractivity contribution is -0.135. The van der Waals surface area contributed by atoms with Crippen LogP contribution in [0.1, 0.15) is 70.2 Å². The number of likely N-dealkylation sites (tertiary alicyclic amines) is 1. The Bertz CT molecular complexity index is 1440. The summed E-state index contributed by atoms with van der Waals surface area (Å²) >= 11 is 0. The lowest BCUT2D eigenvalue weighted by Crippen LogP contribution is -2.56. The minimum Gasteiger partial charge on any atom is -0.374 e. The third kappa shape index (κ3) is 9.21. The van der Waals surface area contributed by atoms with Crippen molar-refractivity contribution in [2.75, 3.05) is 25.0 Å². The van der Waals surface area contributed by atoms with Gasteiger partial charge < -0.3 is 30.6 Å². The van der Waals surface area contributed by atoms with E-state index in [1.54, 1.807) is 48.9 Å². The quantitative estimate of drug-likeness (QED) is 0.277. The molecule has 0 bridgehead atoms. The largest absolute Gasteiger partial charge is 0.374 e. The summed E-state index contributed by atoms with van der Waals surface area (Å²) in [5.74, 6) is -0.426. The fraction of sp³-hybridized carbons (Fsp3) is 0.471. The fourth-order valence-corrected chi connectivity index (χ4v) is 5.06. The van der Waals surface area contributed by atoms with Crippen molar-refractivity contribution in [2.24, 2.45) is 11.7 Å². The van der Waals surface area contributed by atoms with Gasteiger partial charge in [-0.2, -0.15) is 0 Å². The Labute approximate surface area is 264 Å². The highest BCUT2D eigenvalue weighted by atomic mass is 19.1. The molecule has 4 N–H and O–H groups in total. The van der Waals surface area contributed by atoms with E-state index in [1.807, 2.05) is 35.2 Å². The Hall–Kier alpha value is -4.09. The predicted molar refractivity (Wildman–Crippen MR) is 171 cm³/mol. The maximum absolute atomic E-state index is 14.6. The molecule has 1 unspecified atom stereocenters. The van der Waals surface area contributed by atoms with Crippen LogP contribution in [0.2, 0.25) is 0 Å². The van der Waals surface area contributed by atoms with Gasteiger partial charge >= 0.3 is 0 Å². The first-order valence-corrected chi connectivity index (χ1v) is 15.4. The van der Waals surface area contributed by atoms with Gasteiger partial charge in [0.15, 0.2) is 5.82 Å². The van der Waals surface area contributed by atoms with Crippen LogP contribution in [-0.2, 0) is 31.4 Å². The average molecular weight is 621 g/mol. The van der Waals surface area contributed by atoms with Crippen LogP contribution in [0.15, 0.2) is 67.1 Å². The van der Waals surface area contributed by atoms with Gasteiger partial charge in [-0.05, 0) is 63.1 Å². The van der Waals surface area contributed by atoms with Crippen molar-refractivity contribution in [3.8, 4) is 0 Å². The van der Waals surface area contributed by atoms with Crippen molar-refractivity contribution in [2.45, 2.75) is 77.4 Å². The van der Waals surface area contributed by atoms with Crippen molar-refractivity contribution in [3.05, 3.63) is 83.8 Å². The number of amides is 3. The molecule has 3 amide bonds. The molecule has 1 aliphatic rings. The van der Waals surface area contributed by atoms with Crippen molar-refractivity contribution < 1.29 is 23.5 Å². The van der Waals surface area contributed by atoms with E-state index < -0.39 is 35.1 Å². The molecule has 242 valence electrons. The van der Waals surface area contributed by atoms with E-state index in [2.05, 4.69) is 22.5 Å². The molecule has 11 heteroatoms. The second-order valence-electron chi connectivity index (χ2n) is 12.9. The highest BCUT2D eigenvalue weighted by molar-refractivity contribution is 5.98. The molecule has 1 saturated heterocycles. The zero-order valence-corrected chi connectivity index (χ0v) is 26.8. The zero-order chi connectivity index (χ0) is 32.8. The average Bonchev–Trinajstić information content (AvgIpc) is 3.44. The summed E-state index contributed by atoms with van der Waals surface area (Å²) < 4.78 is 22.0.